The maximum atomic E-state index is 9.70. The second-order valence-electron chi connectivity index (χ2n) is 5.92. The van der Waals surface area contributed by atoms with E-state index in [-0.39, 0.29) is 0 Å². The first-order valence-electron chi connectivity index (χ1n) is 7.93. The van der Waals surface area contributed by atoms with E-state index in [0.717, 1.165) is 30.2 Å². The highest BCUT2D eigenvalue weighted by molar-refractivity contribution is 7.98. The Labute approximate surface area is 143 Å². The molecule has 0 unspecified atom stereocenters. The summed E-state index contributed by atoms with van der Waals surface area (Å²) in [6.45, 7) is 2.64. The number of nitrogens with zero attached hydrogens (tertiary/aromatic N) is 1. The Kier molecular flexibility index (Phi) is 7.46. The highest BCUT2D eigenvalue weighted by Gasteiger charge is 2.00. The van der Waals surface area contributed by atoms with Crippen LogP contribution in [0.4, 0.5) is 0 Å². The van der Waals surface area contributed by atoms with Crippen LogP contribution in [0.25, 0.3) is 0 Å². The lowest BCUT2D eigenvalue weighted by Crippen LogP contribution is -2.16. The molecule has 0 saturated heterocycles. The minimum absolute atomic E-state index is 0.366. The molecule has 4 heteroatoms. The molecule has 0 bridgehead atoms. The van der Waals surface area contributed by atoms with Crippen molar-refractivity contribution in [3.63, 3.8) is 0 Å². The molecule has 0 aliphatic heterocycles. The number of benzene rings is 2. The summed E-state index contributed by atoms with van der Waals surface area (Å²) in [7, 11) is 4.19. The molecule has 0 aliphatic carbocycles. The number of phenolic OH excluding ortho intramolecular Hbond substituents is 1. The smallest absolute Gasteiger partial charge is 0.120 e. The summed E-state index contributed by atoms with van der Waals surface area (Å²) in [5.74, 6) is 2.47. The number of nitrogens with one attached hydrogen (secondary N) is 1. The van der Waals surface area contributed by atoms with E-state index in [4.69, 9.17) is 0 Å². The molecule has 0 heterocycles. The molecule has 2 aromatic rings. The Morgan fingerprint density at radius 3 is 2.61 bits per heavy atom. The van der Waals surface area contributed by atoms with Crippen molar-refractivity contribution in [3.05, 3.63) is 65.2 Å². The van der Waals surface area contributed by atoms with Crippen molar-refractivity contribution < 1.29 is 5.11 Å². The van der Waals surface area contributed by atoms with E-state index in [2.05, 4.69) is 48.6 Å². The van der Waals surface area contributed by atoms with E-state index in [0.29, 0.717) is 12.3 Å². The standard InChI is InChI=1S/C19H26N2OS/c1-21(2)14-16-6-5-7-17(12-16)15-23-11-10-20-13-18-8-3-4-9-19(18)22/h3-9,12,20,22H,10-11,13-15H2,1-2H3. The molecule has 0 amide bonds. The van der Waals surface area contributed by atoms with Crippen LogP contribution in [0.1, 0.15) is 16.7 Å². The minimum Gasteiger partial charge on any atom is -0.508 e. The summed E-state index contributed by atoms with van der Waals surface area (Å²) in [5.41, 5.74) is 3.70. The lowest BCUT2D eigenvalue weighted by Gasteiger charge is -2.11. The molecule has 0 atom stereocenters. The summed E-state index contributed by atoms with van der Waals surface area (Å²) >= 11 is 1.93. The van der Waals surface area contributed by atoms with Crippen molar-refractivity contribution in [3.8, 4) is 5.75 Å². The molecule has 2 aromatic carbocycles. The first-order chi connectivity index (χ1) is 11.1. The lowest BCUT2D eigenvalue weighted by molar-refractivity contribution is 0.402. The summed E-state index contributed by atoms with van der Waals surface area (Å²) in [4.78, 5) is 2.19. The van der Waals surface area contributed by atoms with Gasteiger partial charge in [0.2, 0.25) is 0 Å². The predicted molar refractivity (Wildman–Crippen MR) is 99.8 cm³/mol. The van der Waals surface area contributed by atoms with Crippen LogP contribution in [-0.4, -0.2) is 36.4 Å². The van der Waals surface area contributed by atoms with Crippen LogP contribution in [0, 0.1) is 0 Å². The molecule has 3 nitrogen and oxygen atoms in total. The number of rotatable bonds is 9. The molecule has 0 radical (unpaired) electrons. The molecule has 2 rings (SSSR count). The van der Waals surface area contributed by atoms with Crippen LogP contribution >= 0.6 is 11.8 Å². The molecule has 0 saturated carbocycles. The summed E-state index contributed by atoms with van der Waals surface area (Å²) < 4.78 is 0. The summed E-state index contributed by atoms with van der Waals surface area (Å²) in [6, 6.07) is 16.3. The van der Waals surface area contributed by atoms with Crippen LogP contribution in [0.2, 0.25) is 0 Å². The van der Waals surface area contributed by atoms with E-state index >= 15 is 0 Å². The molecule has 2 N–H and O–H groups in total. The van der Waals surface area contributed by atoms with Gasteiger partial charge in [0.1, 0.15) is 5.75 Å². The SMILES string of the molecule is CN(C)Cc1cccc(CSCCNCc2ccccc2O)c1. The van der Waals surface area contributed by atoms with Crippen molar-refractivity contribution in [1.82, 2.24) is 10.2 Å². The fraction of sp³-hybridized carbons (Fsp3) is 0.368. The van der Waals surface area contributed by atoms with Crippen LogP contribution in [0.15, 0.2) is 48.5 Å². The average Bonchev–Trinajstić information content (AvgIpc) is 2.52. The fourth-order valence-electron chi connectivity index (χ4n) is 2.40. The monoisotopic (exact) mass is 330 g/mol. The second kappa shape index (κ2) is 9.60. The van der Waals surface area contributed by atoms with E-state index in [9.17, 15) is 5.11 Å². The van der Waals surface area contributed by atoms with Gasteiger partial charge in [-0.2, -0.15) is 11.8 Å². The van der Waals surface area contributed by atoms with Gasteiger partial charge in [0.05, 0.1) is 0 Å². The number of para-hydroxylation sites is 1. The van der Waals surface area contributed by atoms with Gasteiger partial charge in [-0.15, -0.1) is 0 Å². The molecule has 124 valence electrons. The van der Waals surface area contributed by atoms with E-state index in [1.807, 2.05) is 30.0 Å². The quantitative estimate of drug-likeness (QED) is 0.690. The molecule has 0 fully saturated rings. The third-order valence-electron chi connectivity index (χ3n) is 3.49. The van der Waals surface area contributed by atoms with Crippen molar-refractivity contribution in [1.29, 1.82) is 0 Å². The Bertz CT molecular complexity index is 601. The van der Waals surface area contributed by atoms with Crippen LogP contribution in [0.5, 0.6) is 5.75 Å². The van der Waals surface area contributed by atoms with Crippen molar-refractivity contribution in [2.24, 2.45) is 0 Å². The number of hydrogen-bond donors (Lipinski definition) is 2. The Morgan fingerprint density at radius 2 is 1.83 bits per heavy atom. The maximum Gasteiger partial charge on any atom is 0.120 e. The summed E-state index contributed by atoms with van der Waals surface area (Å²) in [6.07, 6.45) is 0. The highest BCUT2D eigenvalue weighted by Crippen LogP contribution is 2.16. The first-order valence-corrected chi connectivity index (χ1v) is 9.08. The number of aromatic hydroxyl groups is 1. The first kappa shape index (κ1) is 17.9. The molecule has 0 aromatic heterocycles. The van der Waals surface area contributed by atoms with Gasteiger partial charge >= 0.3 is 0 Å². The van der Waals surface area contributed by atoms with Gasteiger partial charge in [0, 0.05) is 36.7 Å². The second-order valence-corrected chi connectivity index (χ2v) is 7.02. The maximum absolute atomic E-state index is 9.70. The van der Waals surface area contributed by atoms with Crippen molar-refractivity contribution in [2.75, 3.05) is 26.4 Å². The predicted octanol–water partition coefficient (Wildman–Crippen LogP) is 3.48. The molecule has 0 aliphatic rings. The Hall–Kier alpha value is -1.49. The zero-order chi connectivity index (χ0) is 16.5. The largest absolute Gasteiger partial charge is 0.508 e. The van der Waals surface area contributed by atoms with Gasteiger partial charge in [-0.05, 0) is 31.3 Å². The van der Waals surface area contributed by atoms with Gasteiger partial charge in [-0.1, -0.05) is 42.5 Å². The molecule has 0 spiro atoms. The van der Waals surface area contributed by atoms with E-state index in [1.165, 1.54) is 11.1 Å². The van der Waals surface area contributed by atoms with E-state index in [1.54, 1.807) is 6.07 Å². The van der Waals surface area contributed by atoms with Gasteiger partial charge in [-0.3, -0.25) is 0 Å². The molecular weight excluding hydrogens is 304 g/mol. The van der Waals surface area contributed by atoms with Crippen LogP contribution in [-0.2, 0) is 18.8 Å². The zero-order valence-electron chi connectivity index (χ0n) is 14.0. The number of phenols is 1. The Balaban J connectivity index is 1.65. The van der Waals surface area contributed by atoms with Crippen LogP contribution in [0.3, 0.4) is 0 Å². The minimum atomic E-state index is 0.366. The highest BCUT2D eigenvalue weighted by atomic mass is 32.2. The van der Waals surface area contributed by atoms with E-state index < -0.39 is 0 Å². The normalized spacial score (nSPS) is 11.1. The fourth-order valence-corrected chi connectivity index (χ4v) is 3.25. The number of thioether (sulfide) groups is 1. The topological polar surface area (TPSA) is 35.5 Å². The van der Waals surface area contributed by atoms with Gasteiger partial charge < -0.3 is 15.3 Å². The molecule has 23 heavy (non-hydrogen) atoms. The van der Waals surface area contributed by atoms with Gasteiger partial charge in [-0.25, -0.2) is 0 Å². The summed E-state index contributed by atoms with van der Waals surface area (Å²) in [5, 5.41) is 13.1. The molecular formula is C19H26N2OS. The number of hydrogen-bond acceptors (Lipinski definition) is 4. The third-order valence-corrected chi connectivity index (χ3v) is 4.52. The lowest BCUT2D eigenvalue weighted by atomic mass is 10.1. The Morgan fingerprint density at radius 1 is 1.04 bits per heavy atom. The van der Waals surface area contributed by atoms with Crippen molar-refractivity contribution in [2.45, 2.75) is 18.8 Å². The zero-order valence-corrected chi connectivity index (χ0v) is 14.8. The van der Waals surface area contributed by atoms with Gasteiger partial charge in [0.25, 0.3) is 0 Å². The average molecular weight is 330 g/mol. The van der Waals surface area contributed by atoms with Crippen molar-refractivity contribution >= 4 is 11.8 Å². The third kappa shape index (κ3) is 6.65. The van der Waals surface area contributed by atoms with Crippen LogP contribution < -0.4 is 5.32 Å². The van der Waals surface area contributed by atoms with Gasteiger partial charge in [0.15, 0.2) is 0 Å².